The molecule has 0 aromatic heterocycles. The van der Waals surface area contributed by atoms with E-state index in [9.17, 15) is 0 Å². The van der Waals surface area contributed by atoms with Gasteiger partial charge in [0.2, 0.25) is 0 Å². The van der Waals surface area contributed by atoms with Crippen molar-refractivity contribution >= 4 is 11.4 Å². The Bertz CT molecular complexity index is 396. The topological polar surface area (TPSA) is 52.0 Å². The molecule has 0 spiro atoms. The minimum absolute atomic E-state index is 0.741. The third-order valence-corrected chi connectivity index (χ3v) is 2.52. The van der Waals surface area contributed by atoms with E-state index in [1.165, 1.54) is 11.1 Å². The highest BCUT2D eigenvalue weighted by atomic mass is 14.6. The van der Waals surface area contributed by atoms with Gasteiger partial charge in [0, 0.05) is 11.4 Å². The van der Waals surface area contributed by atoms with Crippen LogP contribution in [0.5, 0.6) is 0 Å². The highest BCUT2D eigenvalue weighted by Gasteiger charge is 2.01. The summed E-state index contributed by atoms with van der Waals surface area (Å²) in [6, 6.07) is 5.76. The van der Waals surface area contributed by atoms with Crippen molar-refractivity contribution in [1.82, 2.24) is 0 Å². The zero-order valence-corrected chi connectivity index (χ0v) is 8.74. The first-order chi connectivity index (χ1) is 7.24. The average Bonchev–Trinajstić information content (AvgIpc) is 2.17. The Morgan fingerprint density at radius 1 is 1.00 bits per heavy atom. The van der Waals surface area contributed by atoms with E-state index in [1.807, 2.05) is 12.1 Å². The Morgan fingerprint density at radius 2 is 1.73 bits per heavy atom. The first-order valence-corrected chi connectivity index (χ1v) is 5.24. The molecule has 0 aliphatic heterocycles. The van der Waals surface area contributed by atoms with Gasteiger partial charge in [-0.1, -0.05) is 18.2 Å². The average molecular weight is 200 g/mol. The molecule has 1 aliphatic carbocycles. The maximum atomic E-state index is 5.75. The van der Waals surface area contributed by atoms with Crippen LogP contribution in [0, 0.1) is 0 Å². The van der Waals surface area contributed by atoms with Gasteiger partial charge in [-0.15, -0.1) is 0 Å². The first-order valence-electron chi connectivity index (χ1n) is 5.24. The van der Waals surface area contributed by atoms with E-state index in [1.54, 1.807) is 6.07 Å². The summed E-state index contributed by atoms with van der Waals surface area (Å²) in [5.74, 6) is 0. The molecule has 1 aliphatic rings. The fraction of sp³-hybridized carbons (Fsp3) is 0.231. The molecule has 0 saturated carbocycles. The zero-order valence-electron chi connectivity index (χ0n) is 8.74. The zero-order chi connectivity index (χ0) is 10.7. The predicted octanol–water partition coefficient (Wildman–Crippen LogP) is 2.67. The lowest BCUT2D eigenvalue weighted by Gasteiger charge is -2.08. The fourth-order valence-electron chi connectivity index (χ4n) is 1.88. The summed E-state index contributed by atoms with van der Waals surface area (Å²) in [6.07, 6.45) is 9.89. The Kier molecular flexibility index (Phi) is 2.77. The molecule has 0 bridgehead atoms. The number of benzene rings is 1. The van der Waals surface area contributed by atoms with Gasteiger partial charge in [-0.25, -0.2) is 0 Å². The Hall–Kier alpha value is -1.70. The molecule has 0 unspecified atom stereocenters. The minimum Gasteiger partial charge on any atom is -0.399 e. The van der Waals surface area contributed by atoms with Gasteiger partial charge in [0.25, 0.3) is 0 Å². The number of rotatable bonds is 2. The van der Waals surface area contributed by atoms with E-state index in [0.717, 1.165) is 30.6 Å². The molecule has 2 heteroatoms. The SMILES string of the molecule is Nc1cc(N)cc(CC2=CCCC=C2)c1. The van der Waals surface area contributed by atoms with Gasteiger partial charge >= 0.3 is 0 Å². The van der Waals surface area contributed by atoms with E-state index in [4.69, 9.17) is 11.5 Å². The summed E-state index contributed by atoms with van der Waals surface area (Å²) < 4.78 is 0. The molecule has 0 amide bonds. The van der Waals surface area contributed by atoms with Gasteiger partial charge in [0.15, 0.2) is 0 Å². The van der Waals surface area contributed by atoms with Crippen molar-refractivity contribution in [3.05, 3.63) is 47.6 Å². The van der Waals surface area contributed by atoms with Gasteiger partial charge in [-0.2, -0.15) is 0 Å². The molecule has 78 valence electrons. The van der Waals surface area contributed by atoms with E-state index >= 15 is 0 Å². The lowest BCUT2D eigenvalue weighted by molar-refractivity contribution is 0.994. The number of hydrogen-bond acceptors (Lipinski definition) is 2. The van der Waals surface area contributed by atoms with Gasteiger partial charge in [0.1, 0.15) is 0 Å². The van der Waals surface area contributed by atoms with E-state index < -0.39 is 0 Å². The second-order valence-electron chi connectivity index (χ2n) is 3.94. The van der Waals surface area contributed by atoms with Crippen LogP contribution in [0.2, 0.25) is 0 Å². The number of nitrogens with two attached hydrogens (primary N) is 2. The second kappa shape index (κ2) is 4.22. The first kappa shape index (κ1) is 9.84. The lowest BCUT2D eigenvalue weighted by Crippen LogP contribution is -1.96. The van der Waals surface area contributed by atoms with E-state index in [0.29, 0.717) is 0 Å². The molecular weight excluding hydrogens is 184 g/mol. The molecular formula is C13H16N2. The van der Waals surface area contributed by atoms with Crippen molar-refractivity contribution < 1.29 is 0 Å². The normalized spacial score (nSPS) is 15.1. The van der Waals surface area contributed by atoms with Gasteiger partial charge in [0.05, 0.1) is 0 Å². The molecule has 4 N–H and O–H groups in total. The Balaban J connectivity index is 2.16. The van der Waals surface area contributed by atoms with Gasteiger partial charge < -0.3 is 11.5 Å². The van der Waals surface area contributed by atoms with E-state index in [-0.39, 0.29) is 0 Å². The van der Waals surface area contributed by atoms with Crippen LogP contribution < -0.4 is 11.5 Å². The Morgan fingerprint density at radius 3 is 2.33 bits per heavy atom. The molecule has 0 fully saturated rings. The maximum Gasteiger partial charge on any atom is 0.0337 e. The van der Waals surface area contributed by atoms with Crippen LogP contribution in [0.25, 0.3) is 0 Å². The quantitative estimate of drug-likeness (QED) is 0.721. The van der Waals surface area contributed by atoms with Crippen molar-refractivity contribution in [2.24, 2.45) is 0 Å². The van der Waals surface area contributed by atoms with Crippen molar-refractivity contribution in [2.45, 2.75) is 19.3 Å². The molecule has 0 saturated heterocycles. The lowest BCUT2D eigenvalue weighted by atomic mass is 9.99. The summed E-state index contributed by atoms with van der Waals surface area (Å²) >= 11 is 0. The number of anilines is 2. The highest BCUT2D eigenvalue weighted by Crippen LogP contribution is 2.19. The van der Waals surface area contributed by atoms with Crippen molar-refractivity contribution in [2.75, 3.05) is 11.5 Å². The largest absolute Gasteiger partial charge is 0.399 e. The second-order valence-corrected chi connectivity index (χ2v) is 3.94. The molecule has 1 aromatic carbocycles. The van der Waals surface area contributed by atoms with Crippen LogP contribution in [0.1, 0.15) is 18.4 Å². The number of hydrogen-bond donors (Lipinski definition) is 2. The van der Waals surface area contributed by atoms with Crippen LogP contribution in [0.4, 0.5) is 11.4 Å². The molecule has 0 radical (unpaired) electrons. The molecule has 15 heavy (non-hydrogen) atoms. The molecule has 1 aromatic rings. The standard InChI is InChI=1S/C13H16N2/c14-12-7-11(8-13(15)9-12)6-10-4-2-1-3-5-10/h2,4-5,7-9H,1,3,6,14-15H2. The van der Waals surface area contributed by atoms with Crippen molar-refractivity contribution in [1.29, 1.82) is 0 Å². The monoisotopic (exact) mass is 200 g/mol. The number of nitrogen functional groups attached to an aromatic ring is 2. The van der Waals surface area contributed by atoms with Crippen molar-refractivity contribution in [3.63, 3.8) is 0 Å². The van der Waals surface area contributed by atoms with E-state index in [2.05, 4.69) is 18.2 Å². The molecule has 0 heterocycles. The smallest absolute Gasteiger partial charge is 0.0337 e. The molecule has 0 atom stereocenters. The summed E-state index contributed by atoms with van der Waals surface area (Å²) in [5.41, 5.74) is 15.5. The van der Waals surface area contributed by atoms with Crippen molar-refractivity contribution in [3.8, 4) is 0 Å². The molecule has 2 rings (SSSR count). The van der Waals surface area contributed by atoms with Crippen LogP contribution in [0.3, 0.4) is 0 Å². The predicted molar refractivity (Wildman–Crippen MR) is 65.4 cm³/mol. The number of allylic oxidation sites excluding steroid dienone is 4. The summed E-state index contributed by atoms with van der Waals surface area (Å²) in [5, 5.41) is 0. The third kappa shape index (κ3) is 2.62. The maximum absolute atomic E-state index is 5.75. The van der Waals surface area contributed by atoms with Crippen LogP contribution >= 0.6 is 0 Å². The Labute approximate surface area is 90.3 Å². The molecule has 2 nitrogen and oxygen atoms in total. The summed E-state index contributed by atoms with van der Waals surface area (Å²) in [7, 11) is 0. The van der Waals surface area contributed by atoms with Crippen LogP contribution in [-0.2, 0) is 6.42 Å². The fourth-order valence-corrected chi connectivity index (χ4v) is 1.88. The van der Waals surface area contributed by atoms with Crippen LogP contribution in [-0.4, -0.2) is 0 Å². The third-order valence-electron chi connectivity index (χ3n) is 2.52. The highest BCUT2D eigenvalue weighted by molar-refractivity contribution is 5.55. The summed E-state index contributed by atoms with van der Waals surface area (Å²) in [4.78, 5) is 0. The van der Waals surface area contributed by atoms with Gasteiger partial charge in [-0.05, 0) is 48.6 Å². The van der Waals surface area contributed by atoms with Gasteiger partial charge in [-0.3, -0.25) is 0 Å². The summed E-state index contributed by atoms with van der Waals surface area (Å²) in [6.45, 7) is 0. The minimum atomic E-state index is 0.741. The van der Waals surface area contributed by atoms with Crippen LogP contribution in [0.15, 0.2) is 42.0 Å².